The number of ether oxygens (including phenoxy) is 1. The average molecular weight is 387 g/mol. The number of rotatable bonds is 6. The highest BCUT2D eigenvalue weighted by atomic mass is 16.5. The number of amides is 1. The van der Waals surface area contributed by atoms with Crippen molar-refractivity contribution in [3.63, 3.8) is 0 Å². The number of Topliss-reactive ketones (excluding diaryl/α,β-unsaturated/α-hetero) is 1. The average Bonchev–Trinajstić information content (AvgIpc) is 3.30. The number of ketones is 1. The van der Waals surface area contributed by atoms with Gasteiger partial charge in [-0.15, -0.1) is 0 Å². The van der Waals surface area contributed by atoms with Crippen LogP contribution in [-0.2, 0) is 4.74 Å². The molecule has 150 valence electrons. The summed E-state index contributed by atoms with van der Waals surface area (Å²) in [6, 6.07) is 3.34. The number of aromatic amines is 1. The van der Waals surface area contributed by atoms with Crippen LogP contribution in [0, 0.1) is 13.8 Å². The first kappa shape index (κ1) is 19.9. The SMILES string of the molecule is CCOC(=O)c1c(C)[nH]c(C(=O)CN2CCN(C(=O)c3ccco3)CC2)c1C. The summed E-state index contributed by atoms with van der Waals surface area (Å²) in [7, 11) is 0. The van der Waals surface area contributed by atoms with E-state index < -0.39 is 5.97 Å². The molecule has 0 unspecified atom stereocenters. The number of aromatic nitrogens is 1. The standard InChI is InChI=1S/C20H25N3O5/c1-4-27-20(26)17-13(2)18(21-14(17)3)15(24)12-22-7-9-23(10-8-22)19(25)16-6-5-11-28-16/h5-6,11,21H,4,7-10,12H2,1-3H3. The van der Waals surface area contributed by atoms with Crippen molar-refractivity contribution in [3.8, 4) is 0 Å². The van der Waals surface area contributed by atoms with Gasteiger partial charge in [-0.2, -0.15) is 0 Å². The van der Waals surface area contributed by atoms with Gasteiger partial charge in [-0.05, 0) is 38.5 Å². The molecule has 2 aromatic heterocycles. The number of H-pyrrole nitrogens is 1. The van der Waals surface area contributed by atoms with Gasteiger partial charge in [-0.25, -0.2) is 4.79 Å². The number of carbonyl (C=O) groups is 3. The minimum absolute atomic E-state index is 0.0815. The summed E-state index contributed by atoms with van der Waals surface area (Å²) in [5.41, 5.74) is 2.12. The van der Waals surface area contributed by atoms with Gasteiger partial charge in [-0.3, -0.25) is 14.5 Å². The molecule has 28 heavy (non-hydrogen) atoms. The molecule has 0 aromatic carbocycles. The molecule has 3 heterocycles. The molecule has 8 heteroatoms. The Balaban J connectivity index is 1.60. The number of nitrogens with one attached hydrogen (secondary N) is 1. The van der Waals surface area contributed by atoms with Crippen LogP contribution in [0.15, 0.2) is 22.8 Å². The number of furan rings is 1. The molecule has 2 aromatic rings. The van der Waals surface area contributed by atoms with E-state index >= 15 is 0 Å². The molecule has 1 amide bonds. The summed E-state index contributed by atoms with van der Waals surface area (Å²) in [4.78, 5) is 43.9. The third kappa shape index (κ3) is 4.01. The van der Waals surface area contributed by atoms with Gasteiger partial charge in [0, 0.05) is 31.9 Å². The molecule has 0 aliphatic carbocycles. The van der Waals surface area contributed by atoms with Crippen LogP contribution in [0.3, 0.4) is 0 Å². The van der Waals surface area contributed by atoms with Crippen LogP contribution in [0.5, 0.6) is 0 Å². The van der Waals surface area contributed by atoms with Crippen molar-refractivity contribution in [3.05, 3.63) is 46.7 Å². The Kier molecular flexibility index (Phi) is 5.99. The lowest BCUT2D eigenvalue weighted by molar-refractivity contribution is 0.0524. The van der Waals surface area contributed by atoms with Gasteiger partial charge < -0.3 is 19.0 Å². The topological polar surface area (TPSA) is 95.9 Å². The van der Waals surface area contributed by atoms with Crippen molar-refractivity contribution < 1.29 is 23.5 Å². The normalized spacial score (nSPS) is 14.9. The zero-order valence-electron chi connectivity index (χ0n) is 16.4. The fourth-order valence-electron chi connectivity index (χ4n) is 3.49. The third-order valence-corrected chi connectivity index (χ3v) is 4.95. The monoisotopic (exact) mass is 387 g/mol. The predicted octanol–water partition coefficient (Wildman–Crippen LogP) is 2.04. The molecule has 1 saturated heterocycles. The largest absolute Gasteiger partial charge is 0.462 e. The summed E-state index contributed by atoms with van der Waals surface area (Å²) in [5.74, 6) is -0.306. The molecule has 8 nitrogen and oxygen atoms in total. The lowest BCUT2D eigenvalue weighted by Gasteiger charge is -2.33. The van der Waals surface area contributed by atoms with E-state index in [1.807, 2.05) is 4.90 Å². The Morgan fingerprint density at radius 1 is 1.18 bits per heavy atom. The van der Waals surface area contributed by atoms with Crippen molar-refractivity contribution in [2.75, 3.05) is 39.3 Å². The fraction of sp³-hybridized carbons (Fsp3) is 0.450. The van der Waals surface area contributed by atoms with Gasteiger partial charge in [0.15, 0.2) is 11.5 Å². The van der Waals surface area contributed by atoms with E-state index in [4.69, 9.17) is 9.15 Å². The van der Waals surface area contributed by atoms with Crippen molar-refractivity contribution in [2.24, 2.45) is 0 Å². The zero-order chi connectivity index (χ0) is 20.3. The molecule has 0 atom stereocenters. The van der Waals surface area contributed by atoms with Crippen LogP contribution >= 0.6 is 0 Å². The maximum Gasteiger partial charge on any atom is 0.340 e. The molecule has 0 bridgehead atoms. The number of esters is 1. The molecule has 0 spiro atoms. The maximum atomic E-state index is 12.8. The van der Waals surface area contributed by atoms with Gasteiger partial charge in [-0.1, -0.05) is 0 Å². The van der Waals surface area contributed by atoms with Crippen LogP contribution < -0.4 is 0 Å². The highest BCUT2D eigenvalue weighted by Crippen LogP contribution is 2.20. The minimum atomic E-state index is -0.419. The van der Waals surface area contributed by atoms with E-state index in [0.29, 0.717) is 54.5 Å². The minimum Gasteiger partial charge on any atom is -0.462 e. The van der Waals surface area contributed by atoms with E-state index in [0.717, 1.165) is 0 Å². The molecule has 0 saturated carbocycles. The van der Waals surface area contributed by atoms with Crippen LogP contribution in [0.2, 0.25) is 0 Å². The summed E-state index contributed by atoms with van der Waals surface area (Å²) in [5, 5.41) is 0. The highest BCUT2D eigenvalue weighted by Gasteiger charge is 2.27. The summed E-state index contributed by atoms with van der Waals surface area (Å²) < 4.78 is 10.2. The highest BCUT2D eigenvalue weighted by molar-refractivity contribution is 6.02. The molecular formula is C20H25N3O5. The molecular weight excluding hydrogens is 362 g/mol. The Bertz CT molecular complexity index is 861. The summed E-state index contributed by atoms with van der Waals surface area (Å²) >= 11 is 0. The quantitative estimate of drug-likeness (QED) is 0.602. The first-order chi connectivity index (χ1) is 13.4. The van der Waals surface area contributed by atoms with Gasteiger partial charge >= 0.3 is 5.97 Å². The molecule has 1 aliphatic heterocycles. The lowest BCUT2D eigenvalue weighted by atomic mass is 10.1. The van der Waals surface area contributed by atoms with Crippen molar-refractivity contribution >= 4 is 17.7 Å². The number of carbonyl (C=O) groups excluding carboxylic acids is 3. The molecule has 1 N–H and O–H groups in total. The van der Waals surface area contributed by atoms with E-state index in [1.54, 1.807) is 37.8 Å². The lowest BCUT2D eigenvalue weighted by Crippen LogP contribution is -2.49. The van der Waals surface area contributed by atoms with Crippen molar-refractivity contribution in [2.45, 2.75) is 20.8 Å². The van der Waals surface area contributed by atoms with E-state index in [1.165, 1.54) is 6.26 Å². The van der Waals surface area contributed by atoms with Crippen LogP contribution in [0.4, 0.5) is 0 Å². The molecule has 1 fully saturated rings. The van der Waals surface area contributed by atoms with E-state index in [-0.39, 0.29) is 24.8 Å². The van der Waals surface area contributed by atoms with Gasteiger partial charge in [0.25, 0.3) is 5.91 Å². The number of piperazine rings is 1. The molecule has 3 rings (SSSR count). The van der Waals surface area contributed by atoms with Gasteiger partial charge in [0.2, 0.25) is 0 Å². The third-order valence-electron chi connectivity index (χ3n) is 4.95. The molecule has 0 radical (unpaired) electrons. The van der Waals surface area contributed by atoms with Gasteiger partial charge in [0.05, 0.1) is 30.7 Å². The fourth-order valence-corrected chi connectivity index (χ4v) is 3.49. The second-order valence-corrected chi connectivity index (χ2v) is 6.81. The predicted molar refractivity (Wildman–Crippen MR) is 102 cm³/mol. The second kappa shape index (κ2) is 8.43. The number of hydrogen-bond acceptors (Lipinski definition) is 6. The first-order valence-electron chi connectivity index (χ1n) is 9.37. The van der Waals surface area contributed by atoms with E-state index in [2.05, 4.69) is 4.98 Å². The zero-order valence-corrected chi connectivity index (χ0v) is 16.4. The van der Waals surface area contributed by atoms with Crippen molar-refractivity contribution in [1.82, 2.24) is 14.8 Å². The van der Waals surface area contributed by atoms with Crippen LogP contribution in [0.1, 0.15) is 49.6 Å². The number of aryl methyl sites for hydroxylation is 1. The van der Waals surface area contributed by atoms with Crippen LogP contribution in [-0.4, -0.2) is 71.8 Å². The Labute approximate surface area is 163 Å². The smallest absolute Gasteiger partial charge is 0.340 e. The second-order valence-electron chi connectivity index (χ2n) is 6.81. The van der Waals surface area contributed by atoms with Gasteiger partial charge in [0.1, 0.15) is 0 Å². The number of nitrogens with zero attached hydrogens (tertiary/aromatic N) is 2. The Hall–Kier alpha value is -2.87. The van der Waals surface area contributed by atoms with Crippen molar-refractivity contribution in [1.29, 1.82) is 0 Å². The van der Waals surface area contributed by atoms with E-state index in [9.17, 15) is 14.4 Å². The van der Waals surface area contributed by atoms with Crippen LogP contribution in [0.25, 0.3) is 0 Å². The summed E-state index contributed by atoms with van der Waals surface area (Å²) in [6.07, 6.45) is 1.48. The Morgan fingerprint density at radius 3 is 2.50 bits per heavy atom. The first-order valence-corrected chi connectivity index (χ1v) is 9.37. The Morgan fingerprint density at radius 2 is 1.89 bits per heavy atom. The summed E-state index contributed by atoms with van der Waals surface area (Å²) in [6.45, 7) is 8.03. The number of hydrogen-bond donors (Lipinski definition) is 1. The molecule has 1 aliphatic rings. The maximum absolute atomic E-state index is 12.8.